The second kappa shape index (κ2) is 4.52. The number of fused-ring (bicyclic) bond motifs is 3. The molecule has 0 N–H and O–H groups in total. The van der Waals surface area contributed by atoms with Crippen LogP contribution in [0.3, 0.4) is 0 Å². The molecule has 0 aliphatic heterocycles. The van der Waals surface area contributed by atoms with Crippen molar-refractivity contribution in [3.63, 3.8) is 0 Å². The van der Waals surface area contributed by atoms with Crippen molar-refractivity contribution >= 4 is 27.3 Å². The number of thiophene rings is 1. The number of ketones is 1. The van der Waals surface area contributed by atoms with Crippen LogP contribution in [-0.4, -0.2) is 20.8 Å². The first-order chi connectivity index (χ1) is 9.06. The van der Waals surface area contributed by atoms with Gasteiger partial charge in [0.05, 0.1) is 5.39 Å². The van der Waals surface area contributed by atoms with Gasteiger partial charge in [-0.25, -0.2) is 4.68 Å². The number of carbonyl (C=O) groups is 1. The van der Waals surface area contributed by atoms with Crippen molar-refractivity contribution < 1.29 is 4.79 Å². The second-order valence-corrected chi connectivity index (χ2v) is 6.37. The van der Waals surface area contributed by atoms with E-state index in [1.807, 2.05) is 0 Å². The monoisotopic (exact) mass is 277 g/mol. The number of rotatable bonds is 2. The van der Waals surface area contributed by atoms with Crippen molar-refractivity contribution in [2.24, 2.45) is 5.92 Å². The Kier molecular flexibility index (Phi) is 2.97. The van der Waals surface area contributed by atoms with Crippen LogP contribution in [0.2, 0.25) is 0 Å². The largest absolute Gasteiger partial charge is 0.298 e. The molecule has 0 bridgehead atoms. The van der Waals surface area contributed by atoms with Gasteiger partial charge in [0, 0.05) is 4.88 Å². The molecule has 0 saturated heterocycles. The summed E-state index contributed by atoms with van der Waals surface area (Å²) in [6, 6.07) is 0. The molecule has 100 valence electrons. The molecule has 0 spiro atoms. The summed E-state index contributed by atoms with van der Waals surface area (Å²) in [5.74, 6) is 0.571. The first-order valence-corrected chi connectivity index (χ1v) is 7.25. The summed E-state index contributed by atoms with van der Waals surface area (Å²) in [6.07, 6.45) is 3.05. The number of Topliss-reactive ketones (excluding diaryl/α,β-unsaturated/α-hetero) is 1. The highest BCUT2D eigenvalue weighted by Gasteiger charge is 2.23. The first-order valence-electron chi connectivity index (χ1n) is 6.43. The molecule has 1 atom stereocenters. The number of aromatic nitrogens is 3. The molecule has 1 aliphatic rings. The average molecular weight is 277 g/mol. The van der Waals surface area contributed by atoms with Crippen LogP contribution in [-0.2, 0) is 24.2 Å². The van der Waals surface area contributed by atoms with Crippen LogP contribution in [0.4, 0.5) is 0 Å². The van der Waals surface area contributed by atoms with Crippen LogP contribution in [0.1, 0.15) is 30.7 Å². The van der Waals surface area contributed by atoms with Crippen LogP contribution in [0.25, 0.3) is 10.2 Å². The topological polar surface area (TPSA) is 64.8 Å². The molecule has 0 radical (unpaired) electrons. The maximum absolute atomic E-state index is 12.4. The molecule has 0 fully saturated rings. The molecule has 5 nitrogen and oxygen atoms in total. The second-order valence-electron chi connectivity index (χ2n) is 5.29. The number of carbonyl (C=O) groups excluding carboxylic acids is 1. The molecule has 2 heterocycles. The molecule has 2 aromatic heterocycles. The van der Waals surface area contributed by atoms with Crippen LogP contribution < -0.4 is 5.56 Å². The van der Waals surface area contributed by atoms with Gasteiger partial charge >= 0.3 is 0 Å². The van der Waals surface area contributed by atoms with E-state index in [2.05, 4.69) is 17.2 Å². The summed E-state index contributed by atoms with van der Waals surface area (Å²) in [5.41, 5.74) is 0.961. The van der Waals surface area contributed by atoms with Crippen LogP contribution in [0.5, 0.6) is 0 Å². The molecule has 3 rings (SSSR count). The fourth-order valence-corrected chi connectivity index (χ4v) is 3.92. The van der Waals surface area contributed by atoms with Crippen LogP contribution in [0, 0.1) is 5.92 Å². The smallest absolute Gasteiger partial charge is 0.279 e. The fourth-order valence-electron chi connectivity index (χ4n) is 2.61. The molecular formula is C13H15N3O2S. The van der Waals surface area contributed by atoms with E-state index in [-0.39, 0.29) is 17.9 Å². The standard InChI is InChI=1S/C13H15N3O2S/c1-7-3-4-9-10(5-7)19-12-11(9)13(18)16(15-14-12)6-8(2)17/h7H,3-6H2,1-2H3/t7-/m0/s1. The zero-order valence-corrected chi connectivity index (χ0v) is 11.8. The molecular weight excluding hydrogens is 262 g/mol. The molecule has 19 heavy (non-hydrogen) atoms. The molecule has 6 heteroatoms. The Hall–Kier alpha value is -1.56. The normalized spacial score (nSPS) is 18.5. The lowest BCUT2D eigenvalue weighted by Gasteiger charge is -2.17. The van der Waals surface area contributed by atoms with Gasteiger partial charge in [-0.15, -0.1) is 16.4 Å². The SMILES string of the molecule is CC(=O)Cn1nnc2sc3c(c2c1=O)CC[C@H](C)C3. The number of nitrogens with zero attached hydrogens (tertiary/aromatic N) is 3. The van der Waals surface area contributed by atoms with Gasteiger partial charge in [-0.3, -0.25) is 9.59 Å². The van der Waals surface area contributed by atoms with Crippen molar-refractivity contribution in [2.75, 3.05) is 0 Å². The third-order valence-corrected chi connectivity index (χ3v) is 4.70. The average Bonchev–Trinajstić information content (AvgIpc) is 2.70. The van der Waals surface area contributed by atoms with Crippen molar-refractivity contribution in [3.05, 3.63) is 20.8 Å². The lowest BCUT2D eigenvalue weighted by Crippen LogP contribution is -2.27. The van der Waals surface area contributed by atoms with Gasteiger partial charge in [-0.05, 0) is 37.7 Å². The van der Waals surface area contributed by atoms with E-state index in [0.717, 1.165) is 24.8 Å². The minimum absolute atomic E-state index is 0.00277. The third-order valence-electron chi connectivity index (χ3n) is 3.56. The third kappa shape index (κ3) is 2.10. The number of hydrogen-bond donors (Lipinski definition) is 0. The van der Waals surface area contributed by atoms with E-state index in [9.17, 15) is 9.59 Å². The molecule has 0 unspecified atom stereocenters. The highest BCUT2D eigenvalue weighted by atomic mass is 32.1. The van der Waals surface area contributed by atoms with E-state index >= 15 is 0 Å². The first kappa shape index (κ1) is 12.5. The molecule has 0 amide bonds. The quantitative estimate of drug-likeness (QED) is 0.835. The highest BCUT2D eigenvalue weighted by molar-refractivity contribution is 7.18. The molecule has 0 saturated carbocycles. The van der Waals surface area contributed by atoms with E-state index in [1.54, 1.807) is 11.3 Å². The van der Waals surface area contributed by atoms with Gasteiger partial charge in [-0.2, -0.15) is 0 Å². The Morgan fingerprint density at radius 3 is 3.05 bits per heavy atom. The van der Waals surface area contributed by atoms with Crippen LogP contribution in [0.15, 0.2) is 4.79 Å². The van der Waals surface area contributed by atoms with E-state index in [4.69, 9.17) is 0 Å². The van der Waals surface area contributed by atoms with Crippen LogP contribution >= 0.6 is 11.3 Å². The number of hydrogen-bond acceptors (Lipinski definition) is 5. The summed E-state index contributed by atoms with van der Waals surface area (Å²) < 4.78 is 1.18. The van der Waals surface area contributed by atoms with Crippen molar-refractivity contribution in [2.45, 2.75) is 39.7 Å². The maximum atomic E-state index is 12.4. The summed E-state index contributed by atoms with van der Waals surface area (Å²) in [7, 11) is 0. The number of aryl methyl sites for hydroxylation is 1. The Labute approximate surface area is 114 Å². The predicted molar refractivity (Wildman–Crippen MR) is 73.5 cm³/mol. The maximum Gasteiger partial charge on any atom is 0.279 e. The zero-order valence-electron chi connectivity index (χ0n) is 11.0. The van der Waals surface area contributed by atoms with E-state index < -0.39 is 0 Å². The predicted octanol–water partition coefficient (Wildman–Crippen LogP) is 1.57. The summed E-state index contributed by atoms with van der Waals surface area (Å²) in [6.45, 7) is 3.68. The highest BCUT2D eigenvalue weighted by Crippen LogP contribution is 2.35. The van der Waals surface area contributed by atoms with Crippen molar-refractivity contribution in [3.8, 4) is 0 Å². The Balaban J connectivity index is 2.20. The molecule has 2 aromatic rings. The van der Waals surface area contributed by atoms with Crippen molar-refractivity contribution in [1.29, 1.82) is 0 Å². The van der Waals surface area contributed by atoms with Gasteiger partial charge in [-0.1, -0.05) is 12.1 Å². The van der Waals surface area contributed by atoms with Gasteiger partial charge in [0.15, 0.2) is 10.6 Å². The van der Waals surface area contributed by atoms with Gasteiger partial charge in [0.2, 0.25) is 0 Å². The Morgan fingerprint density at radius 2 is 2.32 bits per heavy atom. The molecule has 0 aromatic carbocycles. The van der Waals surface area contributed by atoms with Gasteiger partial charge in [0.25, 0.3) is 5.56 Å². The Bertz CT molecular complexity index is 716. The van der Waals surface area contributed by atoms with Gasteiger partial charge < -0.3 is 0 Å². The summed E-state index contributed by atoms with van der Waals surface area (Å²) >= 11 is 1.57. The minimum atomic E-state index is -0.174. The minimum Gasteiger partial charge on any atom is -0.298 e. The summed E-state index contributed by atoms with van der Waals surface area (Å²) in [4.78, 5) is 25.5. The Morgan fingerprint density at radius 1 is 1.53 bits per heavy atom. The van der Waals surface area contributed by atoms with Crippen molar-refractivity contribution in [1.82, 2.24) is 15.0 Å². The zero-order chi connectivity index (χ0) is 13.6. The van der Waals surface area contributed by atoms with E-state index in [0.29, 0.717) is 16.1 Å². The fraction of sp³-hybridized carbons (Fsp3) is 0.538. The lowest BCUT2D eigenvalue weighted by atomic mass is 9.89. The summed E-state index contributed by atoms with van der Waals surface area (Å²) in [5, 5.41) is 8.64. The molecule has 1 aliphatic carbocycles. The van der Waals surface area contributed by atoms with E-state index in [1.165, 1.54) is 16.5 Å². The lowest BCUT2D eigenvalue weighted by molar-refractivity contribution is -0.117. The van der Waals surface area contributed by atoms with Gasteiger partial charge in [0.1, 0.15) is 6.54 Å².